The fraction of sp³-hybridized carbons (Fsp3) is 0.529. The first kappa shape index (κ1) is 15.0. The first-order valence-electron chi connectivity index (χ1n) is 8.08. The molecule has 0 radical (unpaired) electrons. The summed E-state index contributed by atoms with van der Waals surface area (Å²) in [6.07, 6.45) is 6.90. The van der Waals surface area contributed by atoms with Gasteiger partial charge in [-0.3, -0.25) is 9.59 Å². The molecule has 5 heteroatoms. The van der Waals surface area contributed by atoms with Crippen LogP contribution in [0.1, 0.15) is 44.9 Å². The quantitative estimate of drug-likeness (QED) is 0.799. The van der Waals surface area contributed by atoms with Gasteiger partial charge in [-0.05, 0) is 43.9 Å². The van der Waals surface area contributed by atoms with Gasteiger partial charge in [0.15, 0.2) is 0 Å². The van der Waals surface area contributed by atoms with Gasteiger partial charge in [-0.15, -0.1) is 0 Å². The fourth-order valence-electron chi connectivity index (χ4n) is 2.90. The molecule has 0 aliphatic heterocycles. The zero-order valence-electron chi connectivity index (χ0n) is 12.7. The van der Waals surface area contributed by atoms with Crippen LogP contribution >= 0.6 is 0 Å². The van der Waals surface area contributed by atoms with E-state index in [1.807, 2.05) is 12.1 Å². The largest absolute Gasteiger partial charge is 0.326 e. The highest BCUT2D eigenvalue weighted by Gasteiger charge is 2.45. The van der Waals surface area contributed by atoms with E-state index in [0.29, 0.717) is 5.69 Å². The summed E-state index contributed by atoms with van der Waals surface area (Å²) in [6, 6.07) is 7.25. The fourth-order valence-corrected chi connectivity index (χ4v) is 2.90. The maximum absolute atomic E-state index is 12.3. The average Bonchev–Trinajstić information content (AvgIpc) is 3.28. The van der Waals surface area contributed by atoms with Crippen LogP contribution in [0, 0.1) is 5.92 Å². The van der Waals surface area contributed by atoms with Crippen LogP contribution < -0.4 is 16.4 Å². The Morgan fingerprint density at radius 3 is 2.32 bits per heavy atom. The summed E-state index contributed by atoms with van der Waals surface area (Å²) in [6.45, 7) is 0. The Kier molecular flexibility index (Phi) is 4.16. The van der Waals surface area contributed by atoms with E-state index in [4.69, 9.17) is 5.73 Å². The second kappa shape index (κ2) is 6.08. The highest BCUT2D eigenvalue weighted by atomic mass is 16.2. The molecule has 22 heavy (non-hydrogen) atoms. The molecule has 2 saturated carbocycles. The number of nitrogens with two attached hydrogens (primary N) is 1. The predicted octanol–water partition coefficient (Wildman–Crippen LogP) is 2.64. The minimum absolute atomic E-state index is 0.0839. The van der Waals surface area contributed by atoms with Crippen molar-refractivity contribution in [3.63, 3.8) is 0 Å². The highest BCUT2D eigenvalue weighted by Crippen LogP contribution is 2.33. The molecule has 2 aliphatic carbocycles. The van der Waals surface area contributed by atoms with Crippen molar-refractivity contribution in [1.29, 1.82) is 0 Å². The normalized spacial score (nSPS) is 20.2. The van der Waals surface area contributed by atoms with Crippen LogP contribution in [-0.2, 0) is 9.59 Å². The van der Waals surface area contributed by atoms with Crippen molar-refractivity contribution in [2.45, 2.75) is 50.5 Å². The third-order valence-electron chi connectivity index (χ3n) is 4.60. The molecule has 5 nitrogen and oxygen atoms in total. The molecule has 0 heterocycles. The number of hydrogen-bond donors (Lipinski definition) is 3. The Morgan fingerprint density at radius 1 is 1.05 bits per heavy atom. The van der Waals surface area contributed by atoms with Crippen molar-refractivity contribution in [2.24, 2.45) is 11.7 Å². The summed E-state index contributed by atoms with van der Waals surface area (Å²) in [5.74, 6) is 0.0506. The lowest BCUT2D eigenvalue weighted by atomic mass is 9.88. The molecule has 2 fully saturated rings. The number of carbonyl (C=O) groups is 2. The van der Waals surface area contributed by atoms with Crippen molar-refractivity contribution >= 4 is 23.2 Å². The topological polar surface area (TPSA) is 84.2 Å². The average molecular weight is 301 g/mol. The monoisotopic (exact) mass is 301 g/mol. The van der Waals surface area contributed by atoms with Gasteiger partial charge in [0.2, 0.25) is 11.8 Å². The van der Waals surface area contributed by atoms with Gasteiger partial charge in [-0.1, -0.05) is 25.3 Å². The van der Waals surface area contributed by atoms with Crippen LogP contribution in [-0.4, -0.2) is 17.4 Å². The Bertz CT molecular complexity index is 575. The SMILES string of the molecule is NC1(C(=O)Nc2cccc(NC(=O)C3CCCCC3)c2)CC1. The molecule has 0 spiro atoms. The van der Waals surface area contributed by atoms with Crippen molar-refractivity contribution in [3.8, 4) is 0 Å². The molecule has 3 rings (SSSR count). The number of rotatable bonds is 4. The molecule has 0 atom stereocenters. The van der Waals surface area contributed by atoms with E-state index >= 15 is 0 Å². The van der Waals surface area contributed by atoms with Crippen LogP contribution in [0.5, 0.6) is 0 Å². The Balaban J connectivity index is 1.61. The highest BCUT2D eigenvalue weighted by molar-refractivity contribution is 6.00. The van der Waals surface area contributed by atoms with Crippen LogP contribution in [0.2, 0.25) is 0 Å². The second-order valence-electron chi connectivity index (χ2n) is 6.52. The van der Waals surface area contributed by atoms with Gasteiger partial charge in [-0.25, -0.2) is 0 Å². The second-order valence-corrected chi connectivity index (χ2v) is 6.52. The predicted molar refractivity (Wildman–Crippen MR) is 86.4 cm³/mol. The van der Waals surface area contributed by atoms with E-state index in [1.54, 1.807) is 12.1 Å². The zero-order chi connectivity index (χ0) is 15.6. The van der Waals surface area contributed by atoms with Gasteiger partial charge in [-0.2, -0.15) is 0 Å². The molecular formula is C17H23N3O2. The molecule has 0 saturated heterocycles. The summed E-state index contributed by atoms with van der Waals surface area (Å²) in [7, 11) is 0. The first-order chi connectivity index (χ1) is 10.6. The molecule has 0 bridgehead atoms. The van der Waals surface area contributed by atoms with Crippen LogP contribution in [0.25, 0.3) is 0 Å². The maximum atomic E-state index is 12.3. The number of hydrogen-bond acceptors (Lipinski definition) is 3. The van der Waals surface area contributed by atoms with E-state index in [-0.39, 0.29) is 17.7 Å². The molecule has 2 aliphatic rings. The molecule has 4 N–H and O–H groups in total. The lowest BCUT2D eigenvalue weighted by Gasteiger charge is -2.21. The lowest BCUT2D eigenvalue weighted by Crippen LogP contribution is -2.37. The van der Waals surface area contributed by atoms with E-state index in [0.717, 1.165) is 44.2 Å². The van der Waals surface area contributed by atoms with Gasteiger partial charge in [0, 0.05) is 17.3 Å². The number of amides is 2. The van der Waals surface area contributed by atoms with Crippen molar-refractivity contribution in [3.05, 3.63) is 24.3 Å². The summed E-state index contributed by atoms with van der Waals surface area (Å²) < 4.78 is 0. The summed E-state index contributed by atoms with van der Waals surface area (Å²) in [5.41, 5.74) is 6.57. The van der Waals surface area contributed by atoms with E-state index in [1.165, 1.54) is 6.42 Å². The van der Waals surface area contributed by atoms with Crippen LogP contribution in [0.4, 0.5) is 11.4 Å². The van der Waals surface area contributed by atoms with Crippen LogP contribution in [0.15, 0.2) is 24.3 Å². The Hall–Kier alpha value is -1.88. The van der Waals surface area contributed by atoms with E-state index < -0.39 is 5.54 Å². The van der Waals surface area contributed by atoms with Gasteiger partial charge >= 0.3 is 0 Å². The number of benzene rings is 1. The number of anilines is 2. The molecular weight excluding hydrogens is 278 g/mol. The van der Waals surface area contributed by atoms with Crippen molar-refractivity contribution in [2.75, 3.05) is 10.6 Å². The van der Waals surface area contributed by atoms with Gasteiger partial charge in [0.1, 0.15) is 0 Å². The molecule has 2 amide bonds. The lowest BCUT2D eigenvalue weighted by molar-refractivity contribution is -0.120. The maximum Gasteiger partial charge on any atom is 0.244 e. The summed E-state index contributed by atoms with van der Waals surface area (Å²) in [5, 5.41) is 5.78. The Labute approximate surface area is 130 Å². The van der Waals surface area contributed by atoms with E-state index in [9.17, 15) is 9.59 Å². The van der Waals surface area contributed by atoms with Gasteiger partial charge in [0.25, 0.3) is 0 Å². The molecule has 1 aromatic rings. The van der Waals surface area contributed by atoms with Crippen molar-refractivity contribution < 1.29 is 9.59 Å². The minimum atomic E-state index is -0.693. The van der Waals surface area contributed by atoms with Gasteiger partial charge < -0.3 is 16.4 Å². The Morgan fingerprint density at radius 2 is 1.68 bits per heavy atom. The molecule has 0 unspecified atom stereocenters. The molecule has 1 aromatic carbocycles. The minimum Gasteiger partial charge on any atom is -0.326 e. The summed E-state index contributed by atoms with van der Waals surface area (Å²) >= 11 is 0. The van der Waals surface area contributed by atoms with E-state index in [2.05, 4.69) is 10.6 Å². The number of carbonyl (C=O) groups excluding carboxylic acids is 2. The third-order valence-corrected chi connectivity index (χ3v) is 4.60. The number of nitrogens with one attached hydrogen (secondary N) is 2. The first-order valence-corrected chi connectivity index (χ1v) is 8.08. The van der Waals surface area contributed by atoms with Crippen molar-refractivity contribution in [1.82, 2.24) is 0 Å². The third kappa shape index (κ3) is 3.47. The molecule has 118 valence electrons. The smallest absolute Gasteiger partial charge is 0.244 e. The molecule has 0 aromatic heterocycles. The summed E-state index contributed by atoms with van der Waals surface area (Å²) in [4.78, 5) is 24.2. The van der Waals surface area contributed by atoms with Crippen LogP contribution in [0.3, 0.4) is 0 Å². The van der Waals surface area contributed by atoms with Gasteiger partial charge in [0.05, 0.1) is 5.54 Å². The standard InChI is InChI=1S/C17H23N3O2/c18-17(9-10-17)16(22)20-14-8-4-7-13(11-14)19-15(21)12-5-2-1-3-6-12/h4,7-8,11-12H,1-3,5-6,9-10,18H2,(H,19,21)(H,20,22). The zero-order valence-corrected chi connectivity index (χ0v) is 12.7.